The van der Waals surface area contributed by atoms with Gasteiger partial charge in [0.05, 0.1) is 16.1 Å². The van der Waals surface area contributed by atoms with Crippen molar-refractivity contribution in [3.05, 3.63) is 67.6 Å². The second-order valence-corrected chi connectivity index (χ2v) is 6.15. The van der Waals surface area contributed by atoms with Crippen LogP contribution >= 0.6 is 15.9 Å². The number of hydrogen-bond donors (Lipinski definition) is 1. The number of halogens is 1. The maximum atomic E-state index is 12.5. The predicted molar refractivity (Wildman–Crippen MR) is 94.6 cm³/mol. The van der Waals surface area contributed by atoms with Crippen LogP contribution in [-0.4, -0.2) is 15.4 Å². The fourth-order valence-electron chi connectivity index (χ4n) is 2.43. The highest BCUT2D eigenvalue weighted by atomic mass is 79.9. The molecule has 0 saturated heterocycles. The van der Waals surface area contributed by atoms with E-state index < -0.39 is 22.6 Å². The Hall–Kier alpha value is -2.94. The quantitative estimate of drug-likeness (QED) is 0.528. The summed E-state index contributed by atoms with van der Waals surface area (Å²) in [6.07, 6.45) is 0. The van der Waals surface area contributed by atoms with Gasteiger partial charge in [0.2, 0.25) is 5.91 Å². The molecule has 0 radical (unpaired) electrons. The Kier molecular flexibility index (Phi) is 4.41. The van der Waals surface area contributed by atoms with Crippen LogP contribution in [0, 0.1) is 10.1 Å². The third-order valence-electron chi connectivity index (χ3n) is 3.70. The zero-order valence-electron chi connectivity index (χ0n) is 12.9. The molecule has 2 aromatic carbocycles. The Balaban J connectivity index is 1.93. The maximum absolute atomic E-state index is 12.5. The van der Waals surface area contributed by atoms with Crippen molar-refractivity contribution in [1.29, 1.82) is 0 Å². The van der Waals surface area contributed by atoms with E-state index in [9.17, 15) is 19.7 Å². The van der Waals surface area contributed by atoms with Gasteiger partial charge in [-0.1, -0.05) is 12.1 Å². The van der Waals surface area contributed by atoms with E-state index in [4.69, 9.17) is 4.42 Å². The molecule has 0 fully saturated rings. The number of para-hydroxylation sites is 2. The summed E-state index contributed by atoms with van der Waals surface area (Å²) in [5, 5.41) is 13.5. The van der Waals surface area contributed by atoms with Crippen LogP contribution in [0.3, 0.4) is 0 Å². The highest BCUT2D eigenvalue weighted by molar-refractivity contribution is 9.10. The number of nitro benzene ring substituents is 1. The molecule has 1 amide bonds. The van der Waals surface area contributed by atoms with Gasteiger partial charge in [0.1, 0.15) is 6.04 Å². The highest BCUT2D eigenvalue weighted by Gasteiger charge is 2.22. The zero-order valence-corrected chi connectivity index (χ0v) is 14.5. The summed E-state index contributed by atoms with van der Waals surface area (Å²) >= 11 is 3.24. The van der Waals surface area contributed by atoms with Crippen LogP contribution in [0.25, 0.3) is 11.1 Å². The lowest BCUT2D eigenvalue weighted by Gasteiger charge is -2.14. The van der Waals surface area contributed by atoms with Gasteiger partial charge in [0, 0.05) is 16.6 Å². The molecule has 1 aromatic heterocycles. The summed E-state index contributed by atoms with van der Waals surface area (Å²) < 4.78 is 6.84. The summed E-state index contributed by atoms with van der Waals surface area (Å²) in [5.74, 6) is -1.16. The van der Waals surface area contributed by atoms with Crippen LogP contribution in [0.4, 0.5) is 11.4 Å². The first kappa shape index (κ1) is 16.9. The third-order valence-corrected chi connectivity index (χ3v) is 4.40. The van der Waals surface area contributed by atoms with Crippen molar-refractivity contribution < 1.29 is 14.1 Å². The monoisotopic (exact) mass is 405 g/mol. The van der Waals surface area contributed by atoms with Crippen LogP contribution in [0.2, 0.25) is 0 Å². The molecule has 0 saturated carbocycles. The first-order valence-corrected chi connectivity index (χ1v) is 8.02. The van der Waals surface area contributed by atoms with Gasteiger partial charge in [-0.15, -0.1) is 0 Å². The minimum atomic E-state index is -0.873. The smallest absolute Gasteiger partial charge is 0.408 e. The number of anilines is 1. The molecular formula is C16H12BrN3O5. The van der Waals surface area contributed by atoms with Crippen molar-refractivity contribution >= 4 is 44.3 Å². The number of amides is 1. The van der Waals surface area contributed by atoms with Crippen LogP contribution in [0.1, 0.15) is 13.0 Å². The van der Waals surface area contributed by atoms with E-state index >= 15 is 0 Å². The molecule has 0 bridgehead atoms. The molecule has 1 atom stereocenters. The predicted octanol–water partition coefficient (Wildman–Crippen LogP) is 3.46. The standard InChI is InChI=1S/C16H12BrN3O5/c1-9(19-13-4-2-3-5-14(13)25-16(19)22)15(21)18-12-8-10(20(23)24)6-7-11(12)17/h2-9H,1H3,(H,18,21). The summed E-state index contributed by atoms with van der Waals surface area (Å²) in [6, 6.07) is 9.92. The van der Waals surface area contributed by atoms with Gasteiger partial charge in [-0.2, -0.15) is 0 Å². The molecule has 1 heterocycles. The Morgan fingerprint density at radius 1 is 1.32 bits per heavy atom. The van der Waals surface area contributed by atoms with Crippen LogP contribution in [0.15, 0.2) is 56.1 Å². The first-order valence-electron chi connectivity index (χ1n) is 7.23. The Morgan fingerprint density at radius 2 is 2.04 bits per heavy atom. The molecule has 0 aliphatic rings. The van der Waals surface area contributed by atoms with Gasteiger partial charge in [-0.25, -0.2) is 4.79 Å². The van der Waals surface area contributed by atoms with Crippen molar-refractivity contribution in [2.45, 2.75) is 13.0 Å². The van der Waals surface area contributed by atoms with Crippen molar-refractivity contribution in [2.24, 2.45) is 0 Å². The Labute approximate surface area is 149 Å². The molecule has 25 heavy (non-hydrogen) atoms. The summed E-state index contributed by atoms with van der Waals surface area (Å²) in [5.41, 5.74) is 0.959. The van der Waals surface area contributed by atoms with Gasteiger partial charge in [-0.05, 0) is 41.1 Å². The molecule has 128 valence electrons. The summed E-state index contributed by atoms with van der Waals surface area (Å²) in [7, 11) is 0. The zero-order chi connectivity index (χ0) is 18.1. The minimum absolute atomic E-state index is 0.155. The number of fused-ring (bicyclic) bond motifs is 1. The summed E-state index contributed by atoms with van der Waals surface area (Å²) in [6.45, 7) is 1.55. The number of carbonyl (C=O) groups is 1. The Bertz CT molecular complexity index is 1040. The van der Waals surface area contributed by atoms with E-state index in [1.165, 1.54) is 22.8 Å². The lowest BCUT2D eigenvalue weighted by Crippen LogP contribution is -2.29. The van der Waals surface area contributed by atoms with Gasteiger partial charge in [-0.3, -0.25) is 19.5 Å². The van der Waals surface area contributed by atoms with Gasteiger partial charge in [0.25, 0.3) is 5.69 Å². The molecule has 0 spiro atoms. The number of benzene rings is 2. The molecule has 1 unspecified atom stereocenters. The van der Waals surface area contributed by atoms with Crippen molar-refractivity contribution in [1.82, 2.24) is 4.57 Å². The van der Waals surface area contributed by atoms with E-state index in [0.29, 0.717) is 15.6 Å². The second-order valence-electron chi connectivity index (χ2n) is 5.29. The van der Waals surface area contributed by atoms with E-state index in [1.807, 2.05) is 0 Å². The lowest BCUT2D eigenvalue weighted by molar-refractivity contribution is -0.384. The van der Waals surface area contributed by atoms with E-state index in [-0.39, 0.29) is 11.4 Å². The van der Waals surface area contributed by atoms with E-state index in [0.717, 1.165) is 0 Å². The SMILES string of the molecule is CC(C(=O)Nc1cc([N+](=O)[O-])ccc1Br)n1c(=O)oc2ccccc21. The number of oxazole rings is 1. The number of aromatic nitrogens is 1. The van der Waals surface area contributed by atoms with Crippen LogP contribution in [-0.2, 0) is 4.79 Å². The fraction of sp³-hybridized carbons (Fsp3) is 0.125. The largest absolute Gasteiger partial charge is 0.420 e. The molecule has 0 aliphatic heterocycles. The van der Waals surface area contributed by atoms with Gasteiger partial charge >= 0.3 is 5.76 Å². The average Bonchev–Trinajstić information content (AvgIpc) is 2.91. The number of nitrogens with one attached hydrogen (secondary N) is 1. The molecule has 0 aliphatic carbocycles. The molecule has 3 rings (SSSR count). The second kappa shape index (κ2) is 6.52. The minimum Gasteiger partial charge on any atom is -0.408 e. The molecule has 3 aromatic rings. The highest BCUT2D eigenvalue weighted by Crippen LogP contribution is 2.28. The van der Waals surface area contributed by atoms with E-state index in [1.54, 1.807) is 31.2 Å². The molecular weight excluding hydrogens is 394 g/mol. The van der Waals surface area contributed by atoms with Crippen LogP contribution < -0.4 is 11.1 Å². The molecule has 9 heteroatoms. The van der Waals surface area contributed by atoms with Gasteiger partial charge < -0.3 is 9.73 Å². The van der Waals surface area contributed by atoms with Crippen molar-refractivity contribution in [3.8, 4) is 0 Å². The Morgan fingerprint density at radius 3 is 2.76 bits per heavy atom. The fourth-order valence-corrected chi connectivity index (χ4v) is 2.77. The lowest BCUT2D eigenvalue weighted by atomic mass is 10.2. The van der Waals surface area contributed by atoms with E-state index in [2.05, 4.69) is 21.2 Å². The number of nitrogens with zero attached hydrogens (tertiary/aromatic N) is 2. The van der Waals surface area contributed by atoms with Crippen molar-refractivity contribution in [2.75, 3.05) is 5.32 Å². The first-order chi connectivity index (χ1) is 11.9. The number of non-ortho nitro benzene ring substituents is 1. The average molecular weight is 406 g/mol. The molecule has 1 N–H and O–H groups in total. The number of rotatable bonds is 4. The van der Waals surface area contributed by atoms with Gasteiger partial charge in [0.15, 0.2) is 5.58 Å². The van der Waals surface area contributed by atoms with Crippen molar-refractivity contribution in [3.63, 3.8) is 0 Å². The number of carbonyl (C=O) groups excluding carboxylic acids is 1. The number of nitro groups is 1. The number of hydrogen-bond acceptors (Lipinski definition) is 5. The third kappa shape index (κ3) is 3.18. The molecule has 8 nitrogen and oxygen atoms in total. The normalized spacial score (nSPS) is 12.1. The summed E-state index contributed by atoms with van der Waals surface area (Å²) in [4.78, 5) is 34.9. The van der Waals surface area contributed by atoms with Crippen LogP contribution in [0.5, 0.6) is 0 Å². The maximum Gasteiger partial charge on any atom is 0.420 e. The topological polar surface area (TPSA) is 107 Å².